The number of carbonyl (C=O) groups is 1. The molecule has 1 saturated heterocycles. The molecule has 0 aromatic carbocycles. The first-order chi connectivity index (χ1) is 17.4. The first-order valence-corrected chi connectivity index (χ1v) is 13.7. The van der Waals surface area contributed by atoms with Crippen molar-refractivity contribution < 1.29 is 24.1 Å². The van der Waals surface area contributed by atoms with Crippen LogP contribution in [0.5, 0.6) is 0 Å². The molecule has 1 N–H and O–H groups in total. The minimum absolute atomic E-state index is 0.0308. The van der Waals surface area contributed by atoms with E-state index in [1.807, 2.05) is 55.5 Å². The second kappa shape index (κ2) is 11.1. The highest BCUT2D eigenvalue weighted by Crippen LogP contribution is 2.34. The van der Waals surface area contributed by atoms with E-state index in [-0.39, 0.29) is 23.7 Å². The van der Waals surface area contributed by atoms with Gasteiger partial charge in [-0.15, -0.1) is 0 Å². The molecule has 1 fully saturated rings. The molecule has 1 aliphatic heterocycles. The number of rotatable bonds is 8. The van der Waals surface area contributed by atoms with E-state index < -0.39 is 23.5 Å². The fourth-order valence-electron chi connectivity index (χ4n) is 5.10. The topological polar surface area (TPSA) is 98.9 Å². The number of hydrogen-bond donors (Lipinski definition) is 1. The molecule has 3 rings (SSSR count). The van der Waals surface area contributed by atoms with E-state index in [1.165, 1.54) is 0 Å². The van der Waals surface area contributed by atoms with Crippen molar-refractivity contribution in [1.29, 1.82) is 0 Å². The Bertz CT molecular complexity index is 1110. The molecule has 3 atom stereocenters. The number of ether oxygens (including phenoxy) is 3. The fraction of sp³-hybridized carbons (Fsp3) is 0.759. The van der Waals surface area contributed by atoms with Crippen LogP contribution in [0, 0.1) is 0 Å². The molecule has 0 bridgehead atoms. The fourth-order valence-corrected chi connectivity index (χ4v) is 5.10. The maximum Gasteiger partial charge on any atom is 0.412 e. The van der Waals surface area contributed by atoms with Gasteiger partial charge in [0.1, 0.15) is 16.8 Å². The molecule has 0 spiro atoms. The van der Waals surface area contributed by atoms with Crippen molar-refractivity contribution in [1.82, 2.24) is 19.4 Å². The first kappa shape index (κ1) is 30.3. The Balaban J connectivity index is 1.73. The second-order valence-electron chi connectivity index (χ2n) is 13.2. The monoisotopic (exact) mass is 532 g/mol. The Hall–Kier alpha value is -2.23. The lowest BCUT2D eigenvalue weighted by Gasteiger charge is -2.38. The summed E-state index contributed by atoms with van der Waals surface area (Å²) in [6.07, 6.45) is 2.02. The standard InChI is InChI=1S/C29H48N4O5/c1-18(2)37-23(21-17-36-29(9,10)33(21)26(35)38-28(6,7)8)14-12-13-22(34)20-16-30-19-15-24(27(3,4)5)32(11)25(19)31-20/h15-16,18,21-23,34H,12-14,17H2,1-11H3/t21-,22?,23?/m0/s1. The minimum Gasteiger partial charge on any atom is -0.444 e. The van der Waals surface area contributed by atoms with Crippen LogP contribution in [0.2, 0.25) is 0 Å². The SMILES string of the molecule is CC(C)OC(CCCC(O)c1cnc2cc(C(C)(C)C)n(C)c2n1)[C@@H]1COC(C)(C)N1C(=O)OC(C)(C)C. The molecule has 0 aliphatic carbocycles. The van der Waals surface area contributed by atoms with Crippen LogP contribution in [0.3, 0.4) is 0 Å². The van der Waals surface area contributed by atoms with Crippen molar-refractivity contribution in [2.45, 2.75) is 130 Å². The summed E-state index contributed by atoms with van der Waals surface area (Å²) >= 11 is 0. The van der Waals surface area contributed by atoms with E-state index in [2.05, 4.69) is 36.4 Å². The maximum absolute atomic E-state index is 13.2. The Morgan fingerprint density at radius 3 is 2.45 bits per heavy atom. The van der Waals surface area contributed by atoms with Crippen molar-refractivity contribution >= 4 is 17.3 Å². The molecule has 0 saturated carbocycles. The molecular formula is C29H48N4O5. The van der Waals surface area contributed by atoms with Crippen LogP contribution in [0.25, 0.3) is 11.2 Å². The predicted molar refractivity (Wildman–Crippen MR) is 148 cm³/mol. The lowest BCUT2D eigenvalue weighted by atomic mass is 9.92. The van der Waals surface area contributed by atoms with Gasteiger partial charge in [-0.05, 0) is 73.8 Å². The molecule has 2 aromatic rings. The molecule has 2 aromatic heterocycles. The lowest BCUT2D eigenvalue weighted by molar-refractivity contribution is -0.0799. The molecular weight excluding hydrogens is 484 g/mol. The lowest BCUT2D eigenvalue weighted by Crippen LogP contribution is -2.54. The highest BCUT2D eigenvalue weighted by molar-refractivity contribution is 5.73. The normalized spacial score (nSPS) is 19.8. The van der Waals surface area contributed by atoms with E-state index in [0.29, 0.717) is 31.6 Å². The van der Waals surface area contributed by atoms with Gasteiger partial charge in [0.15, 0.2) is 5.65 Å². The van der Waals surface area contributed by atoms with Crippen LogP contribution in [-0.4, -0.2) is 66.8 Å². The van der Waals surface area contributed by atoms with Gasteiger partial charge >= 0.3 is 6.09 Å². The largest absolute Gasteiger partial charge is 0.444 e. The van der Waals surface area contributed by atoms with Gasteiger partial charge in [-0.3, -0.25) is 9.88 Å². The van der Waals surface area contributed by atoms with Gasteiger partial charge in [0.05, 0.1) is 42.9 Å². The Labute approximate surface area is 227 Å². The van der Waals surface area contributed by atoms with Crippen LogP contribution >= 0.6 is 0 Å². The summed E-state index contributed by atoms with van der Waals surface area (Å²) in [5.74, 6) is 0. The highest BCUT2D eigenvalue weighted by atomic mass is 16.6. The van der Waals surface area contributed by atoms with E-state index in [4.69, 9.17) is 19.2 Å². The van der Waals surface area contributed by atoms with Crippen molar-refractivity contribution in [3.63, 3.8) is 0 Å². The Kier molecular flexibility index (Phi) is 8.85. The van der Waals surface area contributed by atoms with E-state index in [9.17, 15) is 9.90 Å². The number of amides is 1. The van der Waals surface area contributed by atoms with Crippen LogP contribution in [0.1, 0.15) is 106 Å². The summed E-state index contributed by atoms with van der Waals surface area (Å²) in [7, 11) is 1.99. The summed E-state index contributed by atoms with van der Waals surface area (Å²) < 4.78 is 20.1. The molecule has 214 valence electrons. The number of aliphatic hydroxyl groups is 1. The third kappa shape index (κ3) is 7.04. The van der Waals surface area contributed by atoms with E-state index in [0.717, 1.165) is 16.9 Å². The van der Waals surface area contributed by atoms with Gasteiger partial charge < -0.3 is 23.9 Å². The smallest absolute Gasteiger partial charge is 0.412 e. The number of aliphatic hydroxyl groups excluding tert-OH is 1. The molecule has 0 radical (unpaired) electrons. The van der Waals surface area contributed by atoms with Crippen molar-refractivity contribution in [3.8, 4) is 0 Å². The Morgan fingerprint density at radius 2 is 1.87 bits per heavy atom. The van der Waals surface area contributed by atoms with E-state index >= 15 is 0 Å². The summed E-state index contributed by atoms with van der Waals surface area (Å²) in [6.45, 7) is 20.1. The summed E-state index contributed by atoms with van der Waals surface area (Å²) in [4.78, 5) is 24.1. The minimum atomic E-state index is -0.808. The van der Waals surface area contributed by atoms with Gasteiger partial charge in [-0.25, -0.2) is 9.78 Å². The number of hydrogen-bond acceptors (Lipinski definition) is 7. The molecule has 38 heavy (non-hydrogen) atoms. The number of nitrogens with zero attached hydrogens (tertiary/aromatic N) is 4. The zero-order valence-electron chi connectivity index (χ0n) is 25.2. The third-order valence-corrected chi connectivity index (χ3v) is 6.81. The highest BCUT2D eigenvalue weighted by Gasteiger charge is 2.49. The maximum atomic E-state index is 13.2. The average Bonchev–Trinajstić information content (AvgIpc) is 3.27. The van der Waals surface area contributed by atoms with Crippen LogP contribution in [0.15, 0.2) is 12.3 Å². The van der Waals surface area contributed by atoms with Gasteiger partial charge in [0.25, 0.3) is 0 Å². The van der Waals surface area contributed by atoms with Crippen LogP contribution < -0.4 is 0 Å². The molecule has 9 nitrogen and oxygen atoms in total. The van der Waals surface area contributed by atoms with Crippen molar-refractivity contribution in [2.75, 3.05) is 6.61 Å². The van der Waals surface area contributed by atoms with Crippen LogP contribution in [0.4, 0.5) is 4.79 Å². The third-order valence-electron chi connectivity index (χ3n) is 6.81. The van der Waals surface area contributed by atoms with Gasteiger partial charge in [-0.1, -0.05) is 20.8 Å². The van der Waals surface area contributed by atoms with Crippen molar-refractivity contribution in [3.05, 3.63) is 23.7 Å². The number of aromatic nitrogens is 3. The average molecular weight is 533 g/mol. The van der Waals surface area contributed by atoms with Gasteiger partial charge in [0.2, 0.25) is 0 Å². The number of carbonyl (C=O) groups excluding carboxylic acids is 1. The van der Waals surface area contributed by atoms with Gasteiger partial charge in [-0.2, -0.15) is 0 Å². The zero-order valence-corrected chi connectivity index (χ0v) is 25.2. The Morgan fingerprint density at radius 1 is 1.21 bits per heavy atom. The summed E-state index contributed by atoms with van der Waals surface area (Å²) in [6, 6.07) is 1.77. The molecule has 3 heterocycles. The predicted octanol–water partition coefficient (Wildman–Crippen LogP) is 5.64. The van der Waals surface area contributed by atoms with Crippen molar-refractivity contribution in [2.24, 2.45) is 7.05 Å². The summed E-state index contributed by atoms with van der Waals surface area (Å²) in [5.41, 5.74) is 1.83. The van der Waals surface area contributed by atoms with Crippen LogP contribution in [-0.2, 0) is 26.7 Å². The van der Waals surface area contributed by atoms with E-state index in [1.54, 1.807) is 11.1 Å². The molecule has 1 amide bonds. The summed E-state index contributed by atoms with van der Waals surface area (Å²) in [5, 5.41) is 11.0. The first-order valence-electron chi connectivity index (χ1n) is 13.7. The molecule has 2 unspecified atom stereocenters. The zero-order chi connectivity index (χ0) is 28.6. The second-order valence-corrected chi connectivity index (χ2v) is 13.2. The quantitative estimate of drug-likeness (QED) is 0.470. The number of fused-ring (bicyclic) bond motifs is 1. The molecule has 9 heteroatoms. The number of aryl methyl sites for hydroxylation is 1. The van der Waals surface area contributed by atoms with Gasteiger partial charge in [0, 0.05) is 18.2 Å². The molecule has 1 aliphatic rings.